The fourth-order valence-electron chi connectivity index (χ4n) is 2.54. The van der Waals surface area contributed by atoms with Gasteiger partial charge in [-0.2, -0.15) is 0 Å². The molecule has 0 aromatic carbocycles. The summed E-state index contributed by atoms with van der Waals surface area (Å²) in [6.07, 6.45) is 7.27. The van der Waals surface area contributed by atoms with E-state index in [0.717, 1.165) is 12.3 Å². The van der Waals surface area contributed by atoms with E-state index in [1.807, 2.05) is 12.5 Å². The molecule has 0 saturated heterocycles. The number of nitrogens with two attached hydrogens (primary N) is 1. The van der Waals surface area contributed by atoms with Crippen molar-refractivity contribution in [2.24, 2.45) is 11.7 Å². The average molecular weight is 193 g/mol. The van der Waals surface area contributed by atoms with Crippen molar-refractivity contribution in [3.05, 3.63) is 23.7 Å². The lowest BCUT2D eigenvalue weighted by atomic mass is 9.74. The molecular weight excluding hydrogens is 174 g/mol. The van der Waals surface area contributed by atoms with Crippen molar-refractivity contribution < 1.29 is 4.42 Å². The van der Waals surface area contributed by atoms with Gasteiger partial charge in [-0.1, -0.05) is 6.92 Å². The SMILES string of the molecule is Cc1cocc1C1CC(N)CCC1C. The predicted molar refractivity (Wildman–Crippen MR) is 57.2 cm³/mol. The van der Waals surface area contributed by atoms with Crippen LogP contribution in [0.4, 0.5) is 0 Å². The summed E-state index contributed by atoms with van der Waals surface area (Å²) in [4.78, 5) is 0. The Hall–Kier alpha value is -0.760. The number of hydrogen-bond donors (Lipinski definition) is 1. The standard InChI is InChI=1S/C12H19NO/c1-8-3-4-10(13)5-11(8)12-7-14-6-9(12)2/h6-8,10-11H,3-5,13H2,1-2H3. The van der Waals surface area contributed by atoms with Crippen molar-refractivity contribution in [2.75, 3.05) is 0 Å². The summed E-state index contributed by atoms with van der Waals surface area (Å²) in [6, 6.07) is 0.380. The van der Waals surface area contributed by atoms with Crippen LogP contribution in [-0.4, -0.2) is 6.04 Å². The molecule has 0 spiro atoms. The van der Waals surface area contributed by atoms with Crippen molar-refractivity contribution in [3.8, 4) is 0 Å². The second-order valence-corrected chi connectivity index (χ2v) is 4.67. The molecule has 0 radical (unpaired) electrons. The minimum Gasteiger partial charge on any atom is -0.472 e. The van der Waals surface area contributed by atoms with Gasteiger partial charge in [-0.05, 0) is 49.1 Å². The lowest BCUT2D eigenvalue weighted by molar-refractivity contribution is 0.298. The Balaban J connectivity index is 2.20. The van der Waals surface area contributed by atoms with Gasteiger partial charge >= 0.3 is 0 Å². The van der Waals surface area contributed by atoms with Crippen molar-refractivity contribution in [2.45, 2.75) is 45.1 Å². The van der Waals surface area contributed by atoms with Crippen LogP contribution in [0.5, 0.6) is 0 Å². The molecule has 2 heteroatoms. The third-order valence-corrected chi connectivity index (χ3v) is 3.53. The van der Waals surface area contributed by atoms with Gasteiger partial charge < -0.3 is 10.2 Å². The fourth-order valence-corrected chi connectivity index (χ4v) is 2.54. The van der Waals surface area contributed by atoms with E-state index in [9.17, 15) is 0 Å². The Kier molecular flexibility index (Phi) is 2.64. The lowest BCUT2D eigenvalue weighted by Crippen LogP contribution is -2.31. The van der Waals surface area contributed by atoms with Gasteiger partial charge in [-0.15, -0.1) is 0 Å². The molecule has 0 aliphatic heterocycles. The van der Waals surface area contributed by atoms with Crippen LogP contribution in [0.25, 0.3) is 0 Å². The molecule has 0 bridgehead atoms. The Morgan fingerprint density at radius 1 is 1.36 bits per heavy atom. The molecule has 1 saturated carbocycles. The quantitative estimate of drug-likeness (QED) is 0.745. The van der Waals surface area contributed by atoms with Crippen LogP contribution in [0, 0.1) is 12.8 Å². The molecule has 14 heavy (non-hydrogen) atoms. The van der Waals surface area contributed by atoms with Gasteiger partial charge in [0, 0.05) is 6.04 Å². The van der Waals surface area contributed by atoms with Crippen molar-refractivity contribution in [1.82, 2.24) is 0 Å². The van der Waals surface area contributed by atoms with Gasteiger partial charge in [0.25, 0.3) is 0 Å². The summed E-state index contributed by atoms with van der Waals surface area (Å²) in [5, 5.41) is 0. The Bertz CT molecular complexity index is 305. The van der Waals surface area contributed by atoms with E-state index in [4.69, 9.17) is 10.2 Å². The predicted octanol–water partition coefficient (Wildman–Crippen LogP) is 2.82. The molecular formula is C12H19NO. The maximum atomic E-state index is 6.01. The summed E-state index contributed by atoms with van der Waals surface area (Å²) in [5.41, 5.74) is 8.66. The van der Waals surface area contributed by atoms with Crippen LogP contribution < -0.4 is 5.73 Å². The first-order chi connectivity index (χ1) is 6.68. The molecule has 1 aromatic heterocycles. The highest BCUT2D eigenvalue weighted by molar-refractivity contribution is 5.25. The maximum absolute atomic E-state index is 6.01. The number of hydrogen-bond acceptors (Lipinski definition) is 2. The summed E-state index contributed by atoms with van der Waals surface area (Å²) in [6.45, 7) is 4.44. The van der Waals surface area contributed by atoms with Crippen molar-refractivity contribution in [1.29, 1.82) is 0 Å². The second kappa shape index (κ2) is 3.77. The van der Waals surface area contributed by atoms with E-state index in [2.05, 4.69) is 13.8 Å². The molecule has 1 heterocycles. The van der Waals surface area contributed by atoms with Crippen molar-refractivity contribution >= 4 is 0 Å². The maximum Gasteiger partial charge on any atom is 0.0940 e. The zero-order valence-electron chi connectivity index (χ0n) is 8.99. The van der Waals surface area contributed by atoms with E-state index in [1.54, 1.807) is 0 Å². The lowest BCUT2D eigenvalue weighted by Gasteiger charge is -2.32. The summed E-state index contributed by atoms with van der Waals surface area (Å²) < 4.78 is 5.24. The molecule has 1 fully saturated rings. The fraction of sp³-hybridized carbons (Fsp3) is 0.667. The molecule has 0 amide bonds. The zero-order chi connectivity index (χ0) is 10.1. The second-order valence-electron chi connectivity index (χ2n) is 4.67. The topological polar surface area (TPSA) is 39.2 Å². The minimum atomic E-state index is 0.380. The normalized spacial score (nSPS) is 33.2. The van der Waals surface area contributed by atoms with E-state index in [1.165, 1.54) is 24.0 Å². The molecule has 1 aromatic rings. The van der Waals surface area contributed by atoms with Gasteiger partial charge in [-0.25, -0.2) is 0 Å². The highest BCUT2D eigenvalue weighted by Gasteiger charge is 2.28. The number of rotatable bonds is 1. The van der Waals surface area contributed by atoms with E-state index in [0.29, 0.717) is 12.0 Å². The summed E-state index contributed by atoms with van der Waals surface area (Å²) in [5.74, 6) is 1.35. The third kappa shape index (κ3) is 1.71. The van der Waals surface area contributed by atoms with E-state index < -0.39 is 0 Å². The molecule has 2 nitrogen and oxygen atoms in total. The summed E-state index contributed by atoms with van der Waals surface area (Å²) in [7, 11) is 0. The largest absolute Gasteiger partial charge is 0.472 e. The van der Waals surface area contributed by atoms with Gasteiger partial charge in [0.2, 0.25) is 0 Å². The van der Waals surface area contributed by atoms with Crippen LogP contribution in [0.15, 0.2) is 16.9 Å². The van der Waals surface area contributed by atoms with Crippen LogP contribution in [0.1, 0.15) is 43.2 Å². The first-order valence-electron chi connectivity index (χ1n) is 5.46. The molecule has 2 N–H and O–H groups in total. The molecule has 3 unspecified atom stereocenters. The van der Waals surface area contributed by atoms with Crippen molar-refractivity contribution in [3.63, 3.8) is 0 Å². The van der Waals surface area contributed by atoms with E-state index >= 15 is 0 Å². The third-order valence-electron chi connectivity index (χ3n) is 3.53. The average Bonchev–Trinajstić information content (AvgIpc) is 2.56. The molecule has 1 aliphatic carbocycles. The monoisotopic (exact) mass is 193 g/mol. The van der Waals surface area contributed by atoms with Gasteiger partial charge in [0.15, 0.2) is 0 Å². The first-order valence-corrected chi connectivity index (χ1v) is 5.46. The molecule has 1 aliphatic rings. The number of aryl methyl sites for hydroxylation is 1. The Morgan fingerprint density at radius 3 is 2.79 bits per heavy atom. The summed E-state index contributed by atoms with van der Waals surface area (Å²) >= 11 is 0. The van der Waals surface area contributed by atoms with Crippen LogP contribution in [-0.2, 0) is 0 Å². The minimum absolute atomic E-state index is 0.380. The van der Waals surface area contributed by atoms with Crippen LogP contribution in [0.3, 0.4) is 0 Å². The zero-order valence-corrected chi connectivity index (χ0v) is 8.99. The highest BCUT2D eigenvalue weighted by atomic mass is 16.3. The van der Waals surface area contributed by atoms with Gasteiger partial charge in [0.05, 0.1) is 12.5 Å². The highest BCUT2D eigenvalue weighted by Crippen LogP contribution is 2.38. The first kappa shape index (κ1) is 9.78. The van der Waals surface area contributed by atoms with Gasteiger partial charge in [0.1, 0.15) is 0 Å². The smallest absolute Gasteiger partial charge is 0.0940 e. The number of furan rings is 1. The van der Waals surface area contributed by atoms with Crippen LogP contribution in [0.2, 0.25) is 0 Å². The Morgan fingerprint density at radius 2 is 2.14 bits per heavy atom. The Labute approximate surface area is 85.5 Å². The van der Waals surface area contributed by atoms with Crippen LogP contribution >= 0.6 is 0 Å². The molecule has 2 rings (SSSR count). The molecule has 3 atom stereocenters. The molecule has 78 valence electrons. The van der Waals surface area contributed by atoms with E-state index in [-0.39, 0.29) is 0 Å². The van der Waals surface area contributed by atoms with Gasteiger partial charge in [-0.3, -0.25) is 0 Å².